The Kier molecular flexibility index (Phi) is 3.32. The Bertz CT molecular complexity index is 606. The first-order valence-electron chi connectivity index (χ1n) is 7.97. The van der Waals surface area contributed by atoms with Crippen molar-refractivity contribution in [3.8, 4) is 0 Å². The Morgan fingerprint density at radius 2 is 1.43 bits per heavy atom. The van der Waals surface area contributed by atoms with Crippen molar-refractivity contribution in [2.24, 2.45) is 11.8 Å². The Hall–Kier alpha value is -0.910. The molecule has 0 aromatic heterocycles. The monoisotopic (exact) mass is 306 g/mol. The Morgan fingerprint density at radius 3 is 1.95 bits per heavy atom. The van der Waals surface area contributed by atoms with Crippen LogP contribution in [0.2, 0.25) is 0 Å². The van der Waals surface area contributed by atoms with Gasteiger partial charge >= 0.3 is 0 Å². The molecule has 2 unspecified atom stereocenters. The standard InChI is InChI=1S/C16H22N2O2S/c19-21(20,17-15-7-8-15)18-16-13-5-6-14(16)10-12-4-2-1-3-11(12)9-13/h1-4,13-18H,5-10H2. The van der Waals surface area contributed by atoms with Gasteiger partial charge in [-0.25, -0.2) is 0 Å². The van der Waals surface area contributed by atoms with Gasteiger partial charge in [0.05, 0.1) is 0 Å². The third-order valence-electron chi connectivity index (χ3n) is 5.20. The molecule has 4 nitrogen and oxygen atoms in total. The second-order valence-electron chi connectivity index (χ2n) is 6.81. The van der Waals surface area contributed by atoms with E-state index in [1.165, 1.54) is 11.1 Å². The van der Waals surface area contributed by atoms with E-state index in [2.05, 4.69) is 33.7 Å². The van der Waals surface area contributed by atoms with E-state index in [4.69, 9.17) is 0 Å². The highest BCUT2D eigenvalue weighted by molar-refractivity contribution is 7.87. The molecule has 0 saturated heterocycles. The fraction of sp³-hybridized carbons (Fsp3) is 0.625. The number of fused-ring (bicyclic) bond motifs is 3. The van der Waals surface area contributed by atoms with Gasteiger partial charge in [-0.05, 0) is 61.5 Å². The summed E-state index contributed by atoms with van der Waals surface area (Å²) >= 11 is 0. The Labute approximate surface area is 126 Å². The maximum Gasteiger partial charge on any atom is 0.277 e. The van der Waals surface area contributed by atoms with Crippen LogP contribution in [0.4, 0.5) is 0 Å². The third kappa shape index (κ3) is 2.87. The minimum atomic E-state index is -3.35. The predicted octanol–water partition coefficient (Wildman–Crippen LogP) is 1.77. The van der Waals surface area contributed by atoms with Gasteiger partial charge in [0.25, 0.3) is 10.2 Å². The summed E-state index contributed by atoms with van der Waals surface area (Å²) in [5.74, 6) is 0.879. The molecule has 0 heterocycles. The van der Waals surface area contributed by atoms with Gasteiger partial charge < -0.3 is 0 Å². The lowest BCUT2D eigenvalue weighted by Crippen LogP contribution is -2.47. The topological polar surface area (TPSA) is 58.2 Å². The summed E-state index contributed by atoms with van der Waals surface area (Å²) < 4.78 is 30.2. The van der Waals surface area contributed by atoms with Crippen molar-refractivity contribution in [1.29, 1.82) is 0 Å². The first-order valence-corrected chi connectivity index (χ1v) is 9.45. The van der Waals surface area contributed by atoms with Crippen LogP contribution in [0.3, 0.4) is 0 Å². The molecular weight excluding hydrogens is 284 g/mol. The zero-order valence-electron chi connectivity index (χ0n) is 12.1. The Balaban J connectivity index is 1.55. The van der Waals surface area contributed by atoms with E-state index >= 15 is 0 Å². The predicted molar refractivity (Wildman–Crippen MR) is 82.1 cm³/mol. The largest absolute Gasteiger partial charge is 0.277 e. The molecule has 2 fully saturated rings. The van der Waals surface area contributed by atoms with Gasteiger partial charge in [0.15, 0.2) is 0 Å². The van der Waals surface area contributed by atoms with Crippen LogP contribution in [-0.2, 0) is 23.1 Å². The van der Waals surface area contributed by atoms with Crippen molar-refractivity contribution in [1.82, 2.24) is 9.44 Å². The third-order valence-corrected chi connectivity index (χ3v) is 6.42. The van der Waals surface area contributed by atoms with Gasteiger partial charge in [0, 0.05) is 12.1 Å². The number of benzene rings is 1. The van der Waals surface area contributed by atoms with Crippen LogP contribution in [0.25, 0.3) is 0 Å². The number of hydrogen-bond donors (Lipinski definition) is 2. The molecule has 114 valence electrons. The molecule has 2 atom stereocenters. The molecule has 4 rings (SSSR count). The summed E-state index contributed by atoms with van der Waals surface area (Å²) in [5.41, 5.74) is 2.81. The molecule has 0 radical (unpaired) electrons. The van der Waals surface area contributed by atoms with E-state index in [-0.39, 0.29) is 12.1 Å². The lowest BCUT2D eigenvalue weighted by Gasteiger charge is -2.23. The molecule has 0 amide bonds. The highest BCUT2D eigenvalue weighted by Gasteiger charge is 2.41. The summed E-state index contributed by atoms with van der Waals surface area (Å²) in [7, 11) is -3.35. The SMILES string of the molecule is O=S(=O)(NC1CC1)NC1C2CCC1Cc1ccccc1C2. The number of hydrogen-bond acceptors (Lipinski definition) is 2. The minimum absolute atomic E-state index is 0.0913. The average Bonchev–Trinajstić information content (AvgIpc) is 3.16. The van der Waals surface area contributed by atoms with E-state index < -0.39 is 10.2 Å². The normalized spacial score (nSPS) is 31.7. The van der Waals surface area contributed by atoms with Gasteiger partial charge in [-0.3, -0.25) is 0 Å². The zero-order chi connectivity index (χ0) is 14.4. The number of rotatable bonds is 4. The van der Waals surface area contributed by atoms with Crippen molar-refractivity contribution in [3.05, 3.63) is 35.4 Å². The second-order valence-corrected chi connectivity index (χ2v) is 8.29. The van der Waals surface area contributed by atoms with E-state index in [9.17, 15) is 8.42 Å². The van der Waals surface area contributed by atoms with E-state index in [1.807, 2.05) is 0 Å². The summed E-state index contributed by atoms with van der Waals surface area (Å²) in [6, 6.07) is 8.84. The summed E-state index contributed by atoms with van der Waals surface area (Å²) in [6.07, 6.45) is 6.23. The fourth-order valence-electron chi connectivity index (χ4n) is 3.98. The molecule has 1 aromatic rings. The molecule has 2 saturated carbocycles. The molecule has 2 N–H and O–H groups in total. The van der Waals surface area contributed by atoms with Crippen LogP contribution in [0.15, 0.2) is 24.3 Å². The lowest BCUT2D eigenvalue weighted by molar-refractivity contribution is 0.384. The number of nitrogens with one attached hydrogen (secondary N) is 2. The highest BCUT2D eigenvalue weighted by atomic mass is 32.2. The molecule has 3 aliphatic rings. The van der Waals surface area contributed by atoms with Gasteiger partial charge in [0.2, 0.25) is 0 Å². The second kappa shape index (κ2) is 5.07. The molecule has 0 aliphatic heterocycles. The summed E-state index contributed by atoms with van der Waals surface area (Å²) in [6.45, 7) is 0. The van der Waals surface area contributed by atoms with E-state index in [0.29, 0.717) is 11.8 Å². The fourth-order valence-corrected chi connectivity index (χ4v) is 5.46. The van der Waals surface area contributed by atoms with E-state index in [1.54, 1.807) is 0 Å². The molecule has 2 bridgehead atoms. The molecule has 0 spiro atoms. The average molecular weight is 306 g/mol. The first-order chi connectivity index (χ1) is 10.1. The van der Waals surface area contributed by atoms with Gasteiger partial charge in [-0.15, -0.1) is 0 Å². The van der Waals surface area contributed by atoms with Gasteiger partial charge in [0.1, 0.15) is 0 Å². The molecule has 5 heteroatoms. The first kappa shape index (κ1) is 13.7. The van der Waals surface area contributed by atoms with Crippen LogP contribution in [0.1, 0.15) is 36.8 Å². The van der Waals surface area contributed by atoms with Gasteiger partial charge in [-0.2, -0.15) is 17.9 Å². The van der Waals surface area contributed by atoms with Crippen molar-refractivity contribution in [3.63, 3.8) is 0 Å². The quantitative estimate of drug-likeness (QED) is 0.890. The van der Waals surface area contributed by atoms with Crippen molar-refractivity contribution >= 4 is 10.2 Å². The maximum absolute atomic E-state index is 12.2. The summed E-state index contributed by atoms with van der Waals surface area (Å²) in [4.78, 5) is 0. The van der Waals surface area contributed by atoms with E-state index in [0.717, 1.165) is 38.5 Å². The van der Waals surface area contributed by atoms with Crippen molar-refractivity contribution in [2.45, 2.75) is 50.6 Å². The van der Waals surface area contributed by atoms with Crippen LogP contribution >= 0.6 is 0 Å². The molecule has 3 aliphatic carbocycles. The lowest BCUT2D eigenvalue weighted by atomic mass is 9.94. The van der Waals surface area contributed by atoms with Crippen molar-refractivity contribution < 1.29 is 8.42 Å². The zero-order valence-corrected chi connectivity index (χ0v) is 12.9. The van der Waals surface area contributed by atoms with Crippen LogP contribution < -0.4 is 9.44 Å². The molecule has 1 aromatic carbocycles. The molecular formula is C16H22N2O2S. The highest BCUT2D eigenvalue weighted by Crippen LogP contribution is 2.40. The van der Waals surface area contributed by atoms with Gasteiger partial charge in [-0.1, -0.05) is 24.3 Å². The van der Waals surface area contributed by atoms with Crippen LogP contribution in [0, 0.1) is 11.8 Å². The molecule has 21 heavy (non-hydrogen) atoms. The van der Waals surface area contributed by atoms with Crippen LogP contribution in [-0.4, -0.2) is 20.5 Å². The minimum Gasteiger partial charge on any atom is -0.199 e. The van der Waals surface area contributed by atoms with Crippen LogP contribution in [0.5, 0.6) is 0 Å². The smallest absolute Gasteiger partial charge is 0.199 e. The van der Waals surface area contributed by atoms with Crippen molar-refractivity contribution in [2.75, 3.05) is 0 Å². The summed E-state index contributed by atoms with van der Waals surface area (Å²) in [5, 5.41) is 0. The maximum atomic E-state index is 12.2. The Morgan fingerprint density at radius 1 is 0.857 bits per heavy atom.